The van der Waals surface area contributed by atoms with E-state index >= 15 is 0 Å². The molecule has 0 aliphatic carbocycles. The van der Waals surface area contributed by atoms with Crippen molar-refractivity contribution < 1.29 is 22.9 Å². The molecule has 0 saturated heterocycles. The monoisotopic (exact) mass is 722 g/mol. The highest BCUT2D eigenvalue weighted by molar-refractivity contribution is 6.61. The number of anilines is 2. The first-order chi connectivity index (χ1) is 24.9. The van der Waals surface area contributed by atoms with Gasteiger partial charge in [0.1, 0.15) is 0 Å². The molecule has 1 aromatic heterocycles. The van der Waals surface area contributed by atoms with E-state index in [2.05, 4.69) is 10.3 Å². The number of aliphatic imine (C=N–C) groups is 1. The summed E-state index contributed by atoms with van der Waals surface area (Å²) in [6, 6.07) is 22.9. The number of urea groups is 1. The SMILES string of the molecule is CO[Si](CN(C(=O)Nc1ccc(C)c(-n2c(=O)n(-c3cc(C)ccc3C)c(=O)n(-c3cc(N=C=O)ccc3C)c2=O)c1)c1ccccc1)(OC)OC. The van der Waals surface area contributed by atoms with Crippen molar-refractivity contribution in [1.82, 2.24) is 13.7 Å². The Hall–Kier alpha value is -5.96. The summed E-state index contributed by atoms with van der Waals surface area (Å²) in [5.74, 6) is 0. The lowest BCUT2D eigenvalue weighted by Gasteiger charge is -2.31. The highest BCUT2D eigenvalue weighted by Crippen LogP contribution is 2.24. The number of benzene rings is 4. The molecule has 0 aliphatic heterocycles. The number of aromatic nitrogens is 3. The summed E-state index contributed by atoms with van der Waals surface area (Å²) in [6.07, 6.45) is 1.43. The minimum absolute atomic E-state index is 0.0391. The van der Waals surface area contributed by atoms with Gasteiger partial charge >= 0.3 is 31.9 Å². The number of carbonyl (C=O) groups excluding carboxylic acids is 2. The summed E-state index contributed by atoms with van der Waals surface area (Å²) in [4.78, 5) is 73.4. The first kappa shape index (κ1) is 37.3. The van der Waals surface area contributed by atoms with Crippen molar-refractivity contribution in [2.45, 2.75) is 27.7 Å². The number of nitrogens with zero attached hydrogens (tertiary/aromatic N) is 5. The topological polar surface area (TPSA) is 155 Å². The third kappa shape index (κ3) is 7.25. The molecular weight excluding hydrogens is 685 g/mol. The zero-order valence-corrected chi connectivity index (χ0v) is 30.8. The zero-order valence-electron chi connectivity index (χ0n) is 29.8. The summed E-state index contributed by atoms with van der Waals surface area (Å²) < 4.78 is 19.5. The fraction of sp³-hybridized carbons (Fsp3) is 0.216. The van der Waals surface area contributed by atoms with E-state index in [4.69, 9.17) is 13.3 Å². The van der Waals surface area contributed by atoms with Crippen molar-refractivity contribution in [3.05, 3.63) is 139 Å². The average molecular weight is 723 g/mol. The number of rotatable bonds is 11. The number of hydrogen-bond acceptors (Lipinski definition) is 9. The molecule has 0 radical (unpaired) electrons. The molecule has 0 aliphatic rings. The predicted molar refractivity (Wildman–Crippen MR) is 200 cm³/mol. The summed E-state index contributed by atoms with van der Waals surface area (Å²) in [5, 5.41) is 2.86. The first-order valence-corrected chi connectivity index (χ1v) is 18.0. The van der Waals surface area contributed by atoms with Crippen molar-refractivity contribution in [1.29, 1.82) is 0 Å². The van der Waals surface area contributed by atoms with Crippen LogP contribution in [0.2, 0.25) is 0 Å². The Morgan fingerprint density at radius 1 is 0.712 bits per heavy atom. The summed E-state index contributed by atoms with van der Waals surface area (Å²) in [5.41, 5.74) is 1.01. The summed E-state index contributed by atoms with van der Waals surface area (Å²) in [7, 11) is 1.02. The highest BCUT2D eigenvalue weighted by Gasteiger charge is 2.42. The molecule has 0 unspecified atom stereocenters. The van der Waals surface area contributed by atoms with Crippen LogP contribution in [0.1, 0.15) is 22.3 Å². The maximum Gasteiger partial charge on any atom is 0.521 e. The Labute approximate surface area is 300 Å². The van der Waals surface area contributed by atoms with Crippen LogP contribution in [0, 0.1) is 27.7 Å². The van der Waals surface area contributed by atoms with Gasteiger partial charge in [-0.15, -0.1) is 0 Å². The lowest BCUT2D eigenvalue weighted by Crippen LogP contribution is -2.55. The quantitative estimate of drug-likeness (QED) is 0.116. The first-order valence-electron chi connectivity index (χ1n) is 16.1. The molecular formula is C37H38N6O8Si. The van der Waals surface area contributed by atoms with Crippen molar-refractivity contribution in [2.24, 2.45) is 4.99 Å². The van der Waals surface area contributed by atoms with Crippen LogP contribution in [0.5, 0.6) is 0 Å². The van der Waals surface area contributed by atoms with Crippen LogP contribution in [-0.4, -0.2) is 62.1 Å². The Morgan fingerprint density at radius 2 is 1.21 bits per heavy atom. The molecule has 0 bridgehead atoms. The normalized spacial score (nSPS) is 11.2. The second-order valence-corrected chi connectivity index (χ2v) is 14.9. The van der Waals surface area contributed by atoms with Crippen LogP contribution in [0.15, 0.2) is 104 Å². The minimum Gasteiger partial charge on any atom is -0.376 e. The molecule has 2 amide bonds. The number of hydrogen-bond donors (Lipinski definition) is 1. The molecule has 4 aromatic carbocycles. The number of isocyanates is 1. The molecule has 14 nitrogen and oxygen atoms in total. The number of amides is 2. The van der Waals surface area contributed by atoms with Gasteiger partial charge in [-0.05, 0) is 92.4 Å². The molecule has 1 N–H and O–H groups in total. The highest BCUT2D eigenvalue weighted by atomic mass is 28.4. The van der Waals surface area contributed by atoms with Gasteiger partial charge in [-0.1, -0.05) is 42.5 Å². The Balaban J connectivity index is 1.74. The van der Waals surface area contributed by atoms with E-state index in [-0.39, 0.29) is 34.6 Å². The number of nitrogens with one attached hydrogen (secondary N) is 1. The van der Waals surface area contributed by atoms with E-state index in [1.165, 1.54) is 44.4 Å². The van der Waals surface area contributed by atoms with Gasteiger partial charge in [0.05, 0.1) is 28.9 Å². The Morgan fingerprint density at radius 3 is 1.75 bits per heavy atom. The van der Waals surface area contributed by atoms with Crippen LogP contribution >= 0.6 is 0 Å². The second-order valence-electron chi connectivity index (χ2n) is 12.0. The van der Waals surface area contributed by atoms with Gasteiger partial charge in [0, 0.05) is 32.7 Å². The molecule has 5 aromatic rings. The van der Waals surface area contributed by atoms with Crippen LogP contribution < -0.4 is 27.3 Å². The van der Waals surface area contributed by atoms with Gasteiger partial charge in [0.2, 0.25) is 6.08 Å². The number of para-hydroxylation sites is 1. The van der Waals surface area contributed by atoms with Crippen LogP contribution in [0.4, 0.5) is 21.9 Å². The fourth-order valence-corrected chi connectivity index (χ4v) is 7.33. The molecule has 0 fully saturated rings. The minimum atomic E-state index is -3.32. The Kier molecular flexibility index (Phi) is 11.1. The molecule has 0 saturated carbocycles. The van der Waals surface area contributed by atoms with Gasteiger partial charge in [0.15, 0.2) is 0 Å². The van der Waals surface area contributed by atoms with E-state index in [9.17, 15) is 24.0 Å². The number of aryl methyl sites for hydroxylation is 4. The second kappa shape index (κ2) is 15.5. The molecule has 268 valence electrons. The Bertz CT molecular complexity index is 2370. The molecule has 5 rings (SSSR count). The third-order valence-electron chi connectivity index (χ3n) is 8.66. The van der Waals surface area contributed by atoms with E-state index < -0.39 is 31.9 Å². The van der Waals surface area contributed by atoms with E-state index in [0.29, 0.717) is 22.4 Å². The van der Waals surface area contributed by atoms with Gasteiger partial charge in [-0.25, -0.2) is 37.7 Å². The van der Waals surface area contributed by atoms with Crippen molar-refractivity contribution in [3.63, 3.8) is 0 Å². The van der Waals surface area contributed by atoms with Crippen molar-refractivity contribution in [3.8, 4) is 17.1 Å². The maximum absolute atomic E-state index is 14.5. The molecule has 15 heteroatoms. The largest absolute Gasteiger partial charge is 0.521 e. The standard InChI is InChI=1S/C37H38N6O8Si/c1-24-13-14-25(2)31(19-24)41-35(46)42(32-20-28(38-22-44)17-15-26(32)3)37(48)43(36(41)47)33-21-29(18-16-27(33)4)39-34(45)40(30-11-9-8-10-12-30)23-52(49-5,50-6)51-7/h8-21H,23H2,1-7H3,(H,39,45). The van der Waals surface area contributed by atoms with E-state index in [1.54, 1.807) is 81.4 Å². The van der Waals surface area contributed by atoms with Gasteiger partial charge in [0.25, 0.3) is 0 Å². The lowest BCUT2D eigenvalue weighted by atomic mass is 10.1. The van der Waals surface area contributed by atoms with E-state index in [1.807, 2.05) is 19.1 Å². The van der Waals surface area contributed by atoms with Crippen LogP contribution in [0.25, 0.3) is 17.1 Å². The molecule has 0 atom stereocenters. The zero-order chi connectivity index (χ0) is 37.7. The van der Waals surface area contributed by atoms with Crippen LogP contribution in [-0.2, 0) is 18.1 Å². The lowest BCUT2D eigenvalue weighted by molar-refractivity contribution is 0.125. The summed E-state index contributed by atoms with van der Waals surface area (Å²) >= 11 is 0. The molecule has 1 heterocycles. The van der Waals surface area contributed by atoms with E-state index in [0.717, 1.165) is 19.3 Å². The maximum atomic E-state index is 14.5. The molecule has 0 spiro atoms. The summed E-state index contributed by atoms with van der Waals surface area (Å²) in [6.45, 7) is 6.95. The van der Waals surface area contributed by atoms with Crippen molar-refractivity contribution in [2.75, 3.05) is 37.7 Å². The third-order valence-corrected chi connectivity index (χ3v) is 11.2. The average Bonchev–Trinajstić information content (AvgIpc) is 3.13. The van der Waals surface area contributed by atoms with Gasteiger partial charge in [-0.2, -0.15) is 4.99 Å². The molecule has 52 heavy (non-hydrogen) atoms. The smallest absolute Gasteiger partial charge is 0.376 e. The van der Waals surface area contributed by atoms with Gasteiger partial charge in [-0.3, -0.25) is 4.90 Å². The number of carbonyl (C=O) groups is 1. The van der Waals surface area contributed by atoms with Crippen molar-refractivity contribution >= 4 is 38.0 Å². The van der Waals surface area contributed by atoms with Crippen LogP contribution in [0.3, 0.4) is 0 Å². The predicted octanol–water partition coefficient (Wildman–Crippen LogP) is 4.80. The fourth-order valence-electron chi connectivity index (χ4n) is 5.73. The van der Waals surface area contributed by atoms with Gasteiger partial charge < -0.3 is 18.6 Å².